The molecule has 0 aliphatic heterocycles. The zero-order valence-corrected chi connectivity index (χ0v) is 16.3. The topological polar surface area (TPSA) is 60.7 Å². The summed E-state index contributed by atoms with van der Waals surface area (Å²) in [6, 6.07) is 15.5. The van der Waals surface area contributed by atoms with Crippen molar-refractivity contribution in [1.29, 1.82) is 0 Å². The lowest BCUT2D eigenvalue weighted by Gasteiger charge is -2.17. The van der Waals surface area contributed by atoms with Crippen molar-refractivity contribution in [2.24, 2.45) is 0 Å². The van der Waals surface area contributed by atoms with Crippen LogP contribution in [0.2, 0.25) is 0 Å². The molecular weight excluding hydrogens is 399 g/mol. The van der Waals surface area contributed by atoms with Gasteiger partial charge >= 0.3 is 6.18 Å². The van der Waals surface area contributed by atoms with Gasteiger partial charge in [-0.3, -0.25) is 9.36 Å². The predicted molar refractivity (Wildman–Crippen MR) is 106 cm³/mol. The zero-order valence-electron chi connectivity index (χ0n) is 16.3. The van der Waals surface area contributed by atoms with E-state index in [1.165, 1.54) is 35.9 Å². The maximum Gasteiger partial charge on any atom is 0.417 e. The third-order valence-corrected chi connectivity index (χ3v) is 4.50. The minimum absolute atomic E-state index is 0.0221. The highest BCUT2D eigenvalue weighted by molar-refractivity contribution is 5.63. The molecule has 0 radical (unpaired) electrons. The van der Waals surface area contributed by atoms with E-state index in [1.54, 1.807) is 12.3 Å². The average molecular weight is 419 g/mol. The average Bonchev–Trinajstić information content (AvgIpc) is 2.71. The minimum Gasteiger partial charge on any atom is -0.493 e. The van der Waals surface area contributed by atoms with E-state index in [0.29, 0.717) is 5.69 Å². The molecule has 1 atom stereocenters. The fraction of sp³-hybridized carbons (Fsp3) is 0.227. The van der Waals surface area contributed by atoms with Gasteiger partial charge in [-0.2, -0.15) is 13.2 Å². The van der Waals surface area contributed by atoms with Gasteiger partial charge in [0.15, 0.2) is 17.6 Å². The predicted octanol–water partition coefficient (Wildman–Crippen LogP) is 4.12. The van der Waals surface area contributed by atoms with E-state index in [2.05, 4.69) is 0 Å². The number of alkyl halides is 3. The monoisotopic (exact) mass is 419 g/mol. The Kier molecular flexibility index (Phi) is 6.17. The SMILES string of the molecule is COc1cc(-n2ccc(-c3ccc(C)cc3)cc2=O)ccc1OCC(O)C(F)(F)F. The Morgan fingerprint density at radius 3 is 2.30 bits per heavy atom. The number of ether oxygens (including phenoxy) is 2. The number of benzene rings is 2. The minimum atomic E-state index is -4.78. The van der Waals surface area contributed by atoms with Crippen LogP contribution in [0, 0.1) is 6.92 Å². The molecule has 5 nitrogen and oxygen atoms in total. The first-order valence-electron chi connectivity index (χ1n) is 9.05. The number of hydrogen-bond donors (Lipinski definition) is 1. The van der Waals surface area contributed by atoms with E-state index >= 15 is 0 Å². The lowest BCUT2D eigenvalue weighted by molar-refractivity contribution is -0.210. The number of methoxy groups -OCH3 is 1. The van der Waals surface area contributed by atoms with Gasteiger partial charge in [-0.25, -0.2) is 0 Å². The molecule has 0 fully saturated rings. The fourth-order valence-corrected chi connectivity index (χ4v) is 2.81. The van der Waals surface area contributed by atoms with Gasteiger partial charge in [0.1, 0.15) is 6.61 Å². The van der Waals surface area contributed by atoms with Crippen LogP contribution in [-0.2, 0) is 0 Å². The van der Waals surface area contributed by atoms with Crippen LogP contribution >= 0.6 is 0 Å². The van der Waals surface area contributed by atoms with Gasteiger partial charge in [0.2, 0.25) is 0 Å². The second kappa shape index (κ2) is 8.62. The Labute approximate surface area is 170 Å². The molecule has 8 heteroatoms. The van der Waals surface area contributed by atoms with E-state index in [9.17, 15) is 18.0 Å². The first-order chi connectivity index (χ1) is 14.2. The summed E-state index contributed by atoms with van der Waals surface area (Å²) >= 11 is 0. The number of nitrogens with zero attached hydrogens (tertiary/aromatic N) is 1. The molecule has 0 spiro atoms. The fourth-order valence-electron chi connectivity index (χ4n) is 2.81. The standard InChI is InChI=1S/C22H20F3NO4/c1-14-3-5-15(6-4-14)16-9-10-26(21(28)11-16)17-7-8-18(19(12-17)29-2)30-13-20(27)22(23,24)25/h3-12,20,27H,13H2,1-2H3. The Bertz CT molecular complexity index is 1070. The zero-order chi connectivity index (χ0) is 21.9. The largest absolute Gasteiger partial charge is 0.493 e. The molecule has 0 bridgehead atoms. The highest BCUT2D eigenvalue weighted by atomic mass is 19.4. The molecule has 1 aromatic heterocycles. The van der Waals surface area contributed by atoms with Crippen molar-refractivity contribution >= 4 is 0 Å². The van der Waals surface area contributed by atoms with Crippen LogP contribution < -0.4 is 15.0 Å². The molecule has 0 saturated heterocycles. The molecule has 30 heavy (non-hydrogen) atoms. The number of aliphatic hydroxyl groups excluding tert-OH is 1. The second-order valence-electron chi connectivity index (χ2n) is 6.69. The van der Waals surface area contributed by atoms with Crippen molar-refractivity contribution in [1.82, 2.24) is 4.57 Å². The molecule has 1 heterocycles. The van der Waals surface area contributed by atoms with Gasteiger partial charge < -0.3 is 14.6 Å². The van der Waals surface area contributed by atoms with Crippen molar-refractivity contribution < 1.29 is 27.8 Å². The Hall–Kier alpha value is -3.26. The van der Waals surface area contributed by atoms with E-state index in [-0.39, 0.29) is 17.1 Å². The number of aryl methyl sites for hydroxylation is 1. The molecular formula is C22H20F3NO4. The van der Waals surface area contributed by atoms with Crippen LogP contribution in [0.3, 0.4) is 0 Å². The maximum absolute atomic E-state index is 12.6. The smallest absolute Gasteiger partial charge is 0.417 e. The van der Waals surface area contributed by atoms with Crippen molar-refractivity contribution in [3.8, 4) is 28.3 Å². The highest BCUT2D eigenvalue weighted by Crippen LogP contribution is 2.30. The Morgan fingerprint density at radius 2 is 1.70 bits per heavy atom. The number of halogens is 3. The van der Waals surface area contributed by atoms with Crippen LogP contribution in [0.15, 0.2) is 65.6 Å². The van der Waals surface area contributed by atoms with Crippen molar-refractivity contribution in [2.75, 3.05) is 13.7 Å². The van der Waals surface area contributed by atoms with Crippen LogP contribution in [0.4, 0.5) is 13.2 Å². The summed E-state index contributed by atoms with van der Waals surface area (Å²) in [7, 11) is 1.33. The number of pyridine rings is 1. The Balaban J connectivity index is 1.85. The third-order valence-electron chi connectivity index (χ3n) is 4.50. The Morgan fingerprint density at radius 1 is 1.00 bits per heavy atom. The van der Waals surface area contributed by atoms with Gasteiger partial charge in [0, 0.05) is 18.3 Å². The molecule has 158 valence electrons. The summed E-state index contributed by atoms with van der Waals surface area (Å²) < 4.78 is 48.9. The summed E-state index contributed by atoms with van der Waals surface area (Å²) in [6.07, 6.45) is -5.78. The van der Waals surface area contributed by atoms with Gasteiger partial charge in [-0.15, -0.1) is 0 Å². The molecule has 1 N–H and O–H groups in total. The van der Waals surface area contributed by atoms with Gasteiger partial charge in [0.05, 0.1) is 12.8 Å². The van der Waals surface area contributed by atoms with E-state index in [0.717, 1.165) is 16.7 Å². The van der Waals surface area contributed by atoms with Crippen LogP contribution in [-0.4, -0.2) is 35.7 Å². The molecule has 3 rings (SSSR count). The number of rotatable bonds is 6. The molecule has 0 aliphatic carbocycles. The first kappa shape index (κ1) is 21.4. The quantitative estimate of drug-likeness (QED) is 0.653. The molecule has 3 aromatic rings. The summed E-state index contributed by atoms with van der Waals surface area (Å²) in [5.74, 6) is 0.158. The van der Waals surface area contributed by atoms with Gasteiger partial charge in [-0.1, -0.05) is 29.8 Å². The molecule has 0 amide bonds. The summed E-state index contributed by atoms with van der Waals surface area (Å²) in [5.41, 5.74) is 2.97. The van der Waals surface area contributed by atoms with Crippen LogP contribution in [0.25, 0.3) is 16.8 Å². The lowest BCUT2D eigenvalue weighted by Crippen LogP contribution is -2.34. The van der Waals surface area contributed by atoms with E-state index in [4.69, 9.17) is 14.6 Å². The molecule has 1 unspecified atom stereocenters. The number of hydrogen-bond acceptors (Lipinski definition) is 4. The van der Waals surface area contributed by atoms with Crippen LogP contribution in [0.5, 0.6) is 11.5 Å². The first-order valence-corrected chi connectivity index (χ1v) is 9.05. The van der Waals surface area contributed by atoms with E-state index in [1.807, 2.05) is 31.2 Å². The van der Waals surface area contributed by atoms with Gasteiger partial charge in [0.25, 0.3) is 5.56 Å². The van der Waals surface area contributed by atoms with E-state index < -0.39 is 18.9 Å². The molecule has 0 saturated carbocycles. The van der Waals surface area contributed by atoms with Crippen molar-refractivity contribution in [2.45, 2.75) is 19.2 Å². The second-order valence-corrected chi connectivity index (χ2v) is 6.69. The maximum atomic E-state index is 12.6. The normalized spacial score (nSPS) is 12.5. The van der Waals surface area contributed by atoms with Crippen molar-refractivity contribution in [3.63, 3.8) is 0 Å². The van der Waals surface area contributed by atoms with Gasteiger partial charge in [-0.05, 0) is 36.2 Å². The highest BCUT2D eigenvalue weighted by Gasteiger charge is 2.38. The molecule has 0 aliphatic rings. The summed E-state index contributed by atoms with van der Waals surface area (Å²) in [6.45, 7) is 1.01. The summed E-state index contributed by atoms with van der Waals surface area (Å²) in [5, 5.41) is 9.08. The third kappa shape index (κ3) is 4.83. The summed E-state index contributed by atoms with van der Waals surface area (Å²) in [4.78, 5) is 12.6. The lowest BCUT2D eigenvalue weighted by atomic mass is 10.1. The van der Waals surface area contributed by atoms with Crippen LogP contribution in [0.1, 0.15) is 5.56 Å². The number of aromatic nitrogens is 1. The molecule has 2 aromatic carbocycles. The van der Waals surface area contributed by atoms with Crippen molar-refractivity contribution in [3.05, 3.63) is 76.7 Å². The number of aliphatic hydroxyl groups is 1.